The van der Waals surface area contributed by atoms with Gasteiger partial charge in [-0.1, -0.05) is 0 Å². The Morgan fingerprint density at radius 2 is 1.96 bits per heavy atom. The first-order valence-corrected chi connectivity index (χ1v) is 8.71. The number of amides is 1. The molecule has 1 amide bonds. The Bertz CT molecular complexity index is 773. The maximum Gasteiger partial charge on any atom is 0.251 e. The van der Waals surface area contributed by atoms with Crippen molar-refractivity contribution in [1.82, 2.24) is 14.9 Å². The van der Waals surface area contributed by atoms with Gasteiger partial charge >= 0.3 is 0 Å². The van der Waals surface area contributed by atoms with E-state index in [2.05, 4.69) is 9.97 Å². The highest BCUT2D eigenvalue weighted by atomic mass is 19.1. The van der Waals surface area contributed by atoms with Gasteiger partial charge in [0, 0.05) is 42.9 Å². The highest BCUT2D eigenvalue weighted by Crippen LogP contribution is 2.26. The van der Waals surface area contributed by atoms with Crippen molar-refractivity contribution in [3.63, 3.8) is 0 Å². The summed E-state index contributed by atoms with van der Waals surface area (Å²) in [6.07, 6.45) is 4.41. The van der Waals surface area contributed by atoms with Crippen LogP contribution in [0.15, 0.2) is 30.6 Å². The molecule has 25 heavy (non-hydrogen) atoms. The summed E-state index contributed by atoms with van der Waals surface area (Å²) in [5.41, 5.74) is 3.73. The molecule has 2 aliphatic rings. The van der Waals surface area contributed by atoms with Crippen molar-refractivity contribution in [2.75, 3.05) is 19.7 Å². The molecule has 130 valence electrons. The number of rotatable bonds is 2. The molecular formula is C19H20FN3O2. The molecule has 2 aliphatic heterocycles. The SMILES string of the molecule is O=C([C@@H]1CCCO1)N1CCc2ncnc(-c3ccc(F)cc3)c2CC1. The summed E-state index contributed by atoms with van der Waals surface area (Å²) in [4.78, 5) is 23.3. The Labute approximate surface area is 145 Å². The highest BCUT2D eigenvalue weighted by molar-refractivity contribution is 5.81. The zero-order valence-electron chi connectivity index (χ0n) is 13.9. The number of nitrogens with zero attached hydrogens (tertiary/aromatic N) is 3. The minimum absolute atomic E-state index is 0.0848. The summed E-state index contributed by atoms with van der Waals surface area (Å²) >= 11 is 0. The first kappa shape index (κ1) is 16.1. The Hall–Kier alpha value is -2.34. The molecule has 0 aliphatic carbocycles. The molecule has 3 heterocycles. The van der Waals surface area contributed by atoms with Crippen LogP contribution in [0.25, 0.3) is 11.3 Å². The van der Waals surface area contributed by atoms with Gasteiger partial charge in [0.25, 0.3) is 5.91 Å². The second kappa shape index (κ2) is 6.88. The Morgan fingerprint density at radius 1 is 1.16 bits per heavy atom. The third-order valence-electron chi connectivity index (χ3n) is 4.92. The van der Waals surface area contributed by atoms with Crippen LogP contribution < -0.4 is 0 Å². The topological polar surface area (TPSA) is 55.3 Å². The van der Waals surface area contributed by atoms with Gasteiger partial charge in [0.15, 0.2) is 0 Å². The molecule has 1 atom stereocenters. The summed E-state index contributed by atoms with van der Waals surface area (Å²) in [6.45, 7) is 1.95. The van der Waals surface area contributed by atoms with Crippen LogP contribution in [0.5, 0.6) is 0 Å². The normalized spacial score (nSPS) is 20.2. The van der Waals surface area contributed by atoms with E-state index in [1.165, 1.54) is 12.1 Å². The van der Waals surface area contributed by atoms with E-state index >= 15 is 0 Å². The lowest BCUT2D eigenvalue weighted by Crippen LogP contribution is -2.40. The van der Waals surface area contributed by atoms with Gasteiger partial charge in [-0.3, -0.25) is 4.79 Å². The van der Waals surface area contributed by atoms with E-state index in [1.54, 1.807) is 18.5 Å². The average molecular weight is 341 g/mol. The number of carbonyl (C=O) groups excluding carboxylic acids is 1. The van der Waals surface area contributed by atoms with Gasteiger partial charge in [-0.25, -0.2) is 14.4 Å². The van der Waals surface area contributed by atoms with E-state index in [9.17, 15) is 9.18 Å². The van der Waals surface area contributed by atoms with E-state index in [0.717, 1.165) is 35.4 Å². The van der Waals surface area contributed by atoms with E-state index < -0.39 is 0 Å². The molecule has 0 radical (unpaired) electrons. The van der Waals surface area contributed by atoms with Crippen LogP contribution in [-0.2, 0) is 22.4 Å². The van der Waals surface area contributed by atoms with Gasteiger partial charge in [-0.15, -0.1) is 0 Å². The lowest BCUT2D eigenvalue weighted by atomic mass is 10.0. The van der Waals surface area contributed by atoms with Crippen LogP contribution in [0.1, 0.15) is 24.1 Å². The van der Waals surface area contributed by atoms with E-state index in [4.69, 9.17) is 4.74 Å². The predicted molar refractivity (Wildman–Crippen MR) is 90.4 cm³/mol. The maximum atomic E-state index is 13.2. The fourth-order valence-corrected chi connectivity index (χ4v) is 3.58. The van der Waals surface area contributed by atoms with E-state index in [1.807, 2.05) is 4.90 Å². The zero-order chi connectivity index (χ0) is 17.2. The number of fused-ring (bicyclic) bond motifs is 1. The Morgan fingerprint density at radius 3 is 2.72 bits per heavy atom. The van der Waals surface area contributed by atoms with E-state index in [-0.39, 0.29) is 17.8 Å². The van der Waals surface area contributed by atoms with Crippen molar-refractivity contribution in [3.8, 4) is 11.3 Å². The van der Waals surface area contributed by atoms with Crippen molar-refractivity contribution in [1.29, 1.82) is 0 Å². The molecule has 2 aromatic rings. The minimum Gasteiger partial charge on any atom is -0.368 e. The van der Waals surface area contributed by atoms with Crippen LogP contribution in [-0.4, -0.2) is 46.6 Å². The second-order valence-corrected chi connectivity index (χ2v) is 6.48. The number of carbonyl (C=O) groups is 1. The summed E-state index contributed by atoms with van der Waals surface area (Å²) in [5, 5.41) is 0. The van der Waals surface area contributed by atoms with Gasteiger partial charge in [0.1, 0.15) is 18.2 Å². The predicted octanol–water partition coefficient (Wildman–Crippen LogP) is 2.39. The summed E-state index contributed by atoms with van der Waals surface area (Å²) in [7, 11) is 0. The standard InChI is InChI=1S/C19H20FN3O2/c20-14-5-3-13(4-6-14)18-15-7-9-23(10-8-16(15)21-12-22-18)19(24)17-2-1-11-25-17/h3-6,12,17H,1-2,7-11H2/t17-/m0/s1. The molecule has 1 saturated heterocycles. The van der Waals surface area contributed by atoms with Gasteiger partial charge in [0.05, 0.1) is 5.69 Å². The molecular weight excluding hydrogens is 321 g/mol. The van der Waals surface area contributed by atoms with E-state index in [0.29, 0.717) is 32.5 Å². The van der Waals surface area contributed by atoms with Gasteiger partial charge in [-0.2, -0.15) is 0 Å². The second-order valence-electron chi connectivity index (χ2n) is 6.48. The number of hydrogen-bond donors (Lipinski definition) is 0. The summed E-state index contributed by atoms with van der Waals surface area (Å²) in [6, 6.07) is 6.35. The molecule has 6 heteroatoms. The van der Waals surface area contributed by atoms with Crippen LogP contribution in [0.4, 0.5) is 4.39 Å². The van der Waals surface area contributed by atoms with Gasteiger partial charge in [0.2, 0.25) is 0 Å². The van der Waals surface area contributed by atoms with Crippen molar-refractivity contribution in [2.45, 2.75) is 31.8 Å². The average Bonchev–Trinajstić information content (AvgIpc) is 3.08. The molecule has 0 saturated carbocycles. The zero-order valence-corrected chi connectivity index (χ0v) is 13.9. The fraction of sp³-hybridized carbons (Fsp3) is 0.421. The third kappa shape index (κ3) is 3.26. The minimum atomic E-state index is -0.288. The molecule has 1 aromatic carbocycles. The molecule has 5 nitrogen and oxygen atoms in total. The molecule has 1 aromatic heterocycles. The van der Waals surface area contributed by atoms with Crippen molar-refractivity contribution < 1.29 is 13.9 Å². The molecule has 4 rings (SSSR count). The largest absolute Gasteiger partial charge is 0.368 e. The highest BCUT2D eigenvalue weighted by Gasteiger charge is 2.30. The molecule has 0 unspecified atom stereocenters. The Kier molecular flexibility index (Phi) is 4.44. The summed E-state index contributed by atoms with van der Waals surface area (Å²) in [5.74, 6) is -0.182. The van der Waals surface area contributed by atoms with Crippen LogP contribution in [0.3, 0.4) is 0 Å². The molecule has 0 N–H and O–H groups in total. The smallest absolute Gasteiger partial charge is 0.251 e. The molecule has 0 bridgehead atoms. The first-order valence-electron chi connectivity index (χ1n) is 8.71. The number of halogens is 1. The van der Waals surface area contributed by atoms with Gasteiger partial charge < -0.3 is 9.64 Å². The molecule has 0 spiro atoms. The van der Waals surface area contributed by atoms with Crippen molar-refractivity contribution >= 4 is 5.91 Å². The van der Waals surface area contributed by atoms with Crippen LogP contribution >= 0.6 is 0 Å². The number of ether oxygens (including phenoxy) is 1. The van der Waals surface area contributed by atoms with Gasteiger partial charge in [-0.05, 0) is 43.5 Å². The number of benzene rings is 1. The van der Waals surface area contributed by atoms with Crippen molar-refractivity contribution in [3.05, 3.63) is 47.7 Å². The lowest BCUT2D eigenvalue weighted by molar-refractivity contribution is -0.140. The fourth-order valence-electron chi connectivity index (χ4n) is 3.58. The van der Waals surface area contributed by atoms with Crippen molar-refractivity contribution in [2.24, 2.45) is 0 Å². The number of aromatic nitrogens is 2. The lowest BCUT2D eigenvalue weighted by Gasteiger charge is -2.23. The Balaban J connectivity index is 1.58. The monoisotopic (exact) mass is 341 g/mol. The van der Waals surface area contributed by atoms with Crippen LogP contribution in [0, 0.1) is 5.82 Å². The maximum absolute atomic E-state index is 13.2. The first-order chi connectivity index (χ1) is 12.2. The summed E-state index contributed by atoms with van der Waals surface area (Å²) < 4.78 is 18.7. The number of hydrogen-bond acceptors (Lipinski definition) is 4. The molecule has 1 fully saturated rings. The quantitative estimate of drug-likeness (QED) is 0.842. The third-order valence-corrected chi connectivity index (χ3v) is 4.92. The van der Waals surface area contributed by atoms with Crippen LogP contribution in [0.2, 0.25) is 0 Å².